The second kappa shape index (κ2) is 10.0. The average molecular weight is 452 g/mol. The molecule has 0 saturated carbocycles. The number of nitrogens with zero attached hydrogens (tertiary/aromatic N) is 2. The van der Waals surface area contributed by atoms with Gasteiger partial charge in [-0.2, -0.15) is 5.26 Å². The van der Waals surface area contributed by atoms with Crippen LogP contribution in [0.1, 0.15) is 23.6 Å². The molecular formula is C23H20N2O6S. The van der Waals surface area contributed by atoms with Gasteiger partial charge in [-0.3, -0.25) is 14.5 Å². The lowest BCUT2D eigenvalue weighted by Crippen LogP contribution is -2.42. The first-order chi connectivity index (χ1) is 15.4. The normalized spacial score (nSPS) is 15.4. The van der Waals surface area contributed by atoms with Gasteiger partial charge in [-0.15, -0.1) is 0 Å². The third-order valence-corrected chi connectivity index (χ3v) is 5.64. The fourth-order valence-corrected chi connectivity index (χ4v) is 3.95. The van der Waals surface area contributed by atoms with Crippen molar-refractivity contribution in [2.75, 3.05) is 14.2 Å². The average Bonchev–Trinajstić information content (AvgIpc) is 3.09. The van der Waals surface area contributed by atoms with Gasteiger partial charge in [0.2, 0.25) is 0 Å². The van der Waals surface area contributed by atoms with Gasteiger partial charge < -0.3 is 14.2 Å². The number of methoxy groups -OCH3 is 2. The molecule has 8 nitrogen and oxygen atoms in total. The number of carbonyl (C=O) groups is 3. The van der Waals surface area contributed by atoms with E-state index in [1.807, 2.05) is 12.1 Å². The van der Waals surface area contributed by atoms with E-state index in [0.717, 1.165) is 22.2 Å². The number of nitriles is 1. The lowest BCUT2D eigenvalue weighted by molar-refractivity contribution is -0.148. The molecule has 0 bridgehead atoms. The molecule has 2 aromatic carbocycles. The number of imide groups is 1. The molecule has 0 N–H and O–H groups in total. The Bertz CT molecular complexity index is 1140. The van der Waals surface area contributed by atoms with E-state index in [-0.39, 0.29) is 11.5 Å². The number of ether oxygens (including phenoxy) is 3. The van der Waals surface area contributed by atoms with Gasteiger partial charge >= 0.3 is 5.97 Å². The highest BCUT2D eigenvalue weighted by molar-refractivity contribution is 8.18. The van der Waals surface area contributed by atoms with Gasteiger partial charge in [-0.25, -0.2) is 4.79 Å². The predicted octanol–water partition coefficient (Wildman–Crippen LogP) is 3.74. The van der Waals surface area contributed by atoms with Crippen molar-refractivity contribution >= 4 is 35.0 Å². The first-order valence-electron chi connectivity index (χ1n) is 9.53. The van der Waals surface area contributed by atoms with Crippen molar-refractivity contribution in [1.29, 1.82) is 5.26 Å². The van der Waals surface area contributed by atoms with Crippen LogP contribution in [0.15, 0.2) is 47.4 Å². The van der Waals surface area contributed by atoms with Crippen molar-refractivity contribution in [1.82, 2.24) is 4.90 Å². The molecule has 1 aliphatic rings. The van der Waals surface area contributed by atoms with Crippen LogP contribution in [0.25, 0.3) is 6.08 Å². The molecule has 32 heavy (non-hydrogen) atoms. The minimum absolute atomic E-state index is 0.184. The minimum Gasteiger partial charge on any atom is -0.493 e. The Morgan fingerprint density at radius 2 is 1.94 bits per heavy atom. The van der Waals surface area contributed by atoms with E-state index in [0.29, 0.717) is 22.6 Å². The fourth-order valence-electron chi connectivity index (χ4n) is 3.05. The molecule has 164 valence electrons. The zero-order valence-corrected chi connectivity index (χ0v) is 18.5. The van der Waals surface area contributed by atoms with Crippen LogP contribution in [-0.2, 0) is 20.9 Å². The molecule has 1 fully saturated rings. The topological polar surface area (TPSA) is 106 Å². The monoisotopic (exact) mass is 452 g/mol. The van der Waals surface area contributed by atoms with Crippen molar-refractivity contribution in [3.63, 3.8) is 0 Å². The highest BCUT2D eigenvalue weighted by Gasteiger charge is 2.41. The quantitative estimate of drug-likeness (QED) is 0.462. The van der Waals surface area contributed by atoms with Crippen molar-refractivity contribution < 1.29 is 28.6 Å². The Morgan fingerprint density at radius 3 is 2.62 bits per heavy atom. The third-order valence-electron chi connectivity index (χ3n) is 4.76. The zero-order valence-electron chi connectivity index (χ0n) is 17.7. The second-order valence-corrected chi connectivity index (χ2v) is 7.71. The number of thioether (sulfide) groups is 1. The minimum atomic E-state index is -1.01. The molecule has 9 heteroatoms. The van der Waals surface area contributed by atoms with Gasteiger partial charge in [0.05, 0.1) is 30.8 Å². The number of hydrogen-bond acceptors (Lipinski definition) is 8. The van der Waals surface area contributed by atoms with E-state index >= 15 is 0 Å². The highest BCUT2D eigenvalue weighted by atomic mass is 32.2. The van der Waals surface area contributed by atoms with Gasteiger partial charge in [0, 0.05) is 5.56 Å². The lowest BCUT2D eigenvalue weighted by Gasteiger charge is -2.18. The molecule has 1 heterocycles. The van der Waals surface area contributed by atoms with Crippen LogP contribution in [0, 0.1) is 11.3 Å². The Balaban J connectivity index is 1.79. The summed E-state index contributed by atoms with van der Waals surface area (Å²) in [5.74, 6) is -0.347. The second-order valence-electron chi connectivity index (χ2n) is 6.72. The van der Waals surface area contributed by atoms with Crippen LogP contribution in [0.5, 0.6) is 11.5 Å². The highest BCUT2D eigenvalue weighted by Crippen LogP contribution is 2.35. The summed E-state index contributed by atoms with van der Waals surface area (Å²) in [6.45, 7) is 1.62. The van der Waals surface area contributed by atoms with E-state index < -0.39 is 23.2 Å². The van der Waals surface area contributed by atoms with E-state index in [2.05, 4.69) is 10.8 Å². The van der Waals surface area contributed by atoms with Gasteiger partial charge in [0.15, 0.2) is 11.5 Å². The molecule has 1 atom stereocenters. The van der Waals surface area contributed by atoms with E-state index in [1.165, 1.54) is 21.1 Å². The summed E-state index contributed by atoms with van der Waals surface area (Å²) in [4.78, 5) is 37.7. The van der Waals surface area contributed by atoms with E-state index in [1.54, 1.807) is 36.4 Å². The maximum Gasteiger partial charge on any atom is 0.328 e. The maximum atomic E-state index is 12.6. The molecule has 1 saturated heterocycles. The maximum absolute atomic E-state index is 12.6. The van der Waals surface area contributed by atoms with Crippen LogP contribution in [-0.4, -0.2) is 42.3 Å². The number of benzene rings is 2. The van der Waals surface area contributed by atoms with E-state index in [4.69, 9.17) is 9.47 Å². The first kappa shape index (κ1) is 22.9. The largest absolute Gasteiger partial charge is 0.493 e. The molecule has 0 unspecified atom stereocenters. The number of hydrogen-bond donors (Lipinski definition) is 0. The molecule has 3 rings (SSSR count). The summed E-state index contributed by atoms with van der Waals surface area (Å²) in [5.41, 5.74) is 1.89. The van der Waals surface area contributed by atoms with Gasteiger partial charge in [-0.05, 0) is 48.5 Å². The summed E-state index contributed by atoms with van der Waals surface area (Å²) in [6.07, 6.45) is 1.55. The fraction of sp³-hybridized carbons (Fsp3) is 0.217. The third kappa shape index (κ3) is 4.76. The van der Waals surface area contributed by atoms with Gasteiger partial charge in [0.25, 0.3) is 11.1 Å². The number of esters is 1. The predicted molar refractivity (Wildman–Crippen MR) is 118 cm³/mol. The first-order valence-corrected chi connectivity index (χ1v) is 10.3. The van der Waals surface area contributed by atoms with E-state index in [9.17, 15) is 19.6 Å². The summed E-state index contributed by atoms with van der Waals surface area (Å²) >= 11 is 0.750. The van der Waals surface area contributed by atoms with Crippen LogP contribution in [0.4, 0.5) is 4.79 Å². The molecule has 0 radical (unpaired) electrons. The molecule has 0 aliphatic carbocycles. The van der Waals surface area contributed by atoms with Crippen molar-refractivity contribution in [2.45, 2.75) is 19.6 Å². The summed E-state index contributed by atoms with van der Waals surface area (Å²) in [5, 5.41) is 8.67. The summed E-state index contributed by atoms with van der Waals surface area (Å²) in [7, 11) is 2.68. The van der Waals surface area contributed by atoms with Crippen LogP contribution >= 0.6 is 11.8 Å². The van der Waals surface area contributed by atoms with Crippen molar-refractivity contribution in [2.24, 2.45) is 0 Å². The number of carbonyl (C=O) groups excluding carboxylic acids is 3. The standard InChI is InChI=1S/C23H20N2O6S/c1-14(22(27)30-3)25-21(26)20(32-23(25)28)11-15-8-9-18(19(10-15)29-2)31-13-17-7-5-4-6-16(17)12-24/h4-11,14H,13H2,1-3H3/b20-11+/t14-/m0/s1. The Hall–Kier alpha value is -3.77. The Labute approximate surface area is 189 Å². The number of rotatable bonds is 7. The van der Waals surface area contributed by atoms with Gasteiger partial charge in [-0.1, -0.05) is 24.3 Å². The number of amides is 2. The molecule has 1 aliphatic heterocycles. The molecule has 0 spiro atoms. The van der Waals surface area contributed by atoms with Crippen molar-refractivity contribution in [3.05, 3.63) is 64.1 Å². The van der Waals surface area contributed by atoms with Gasteiger partial charge in [0.1, 0.15) is 12.6 Å². The SMILES string of the molecule is COC(=O)[C@H](C)N1C(=O)S/C(=C/c2ccc(OCc3ccccc3C#N)c(OC)c2)C1=O. The molecule has 2 amide bonds. The van der Waals surface area contributed by atoms with Crippen LogP contribution < -0.4 is 9.47 Å². The van der Waals surface area contributed by atoms with Crippen molar-refractivity contribution in [3.8, 4) is 17.6 Å². The Kier molecular flexibility index (Phi) is 7.18. The van der Waals surface area contributed by atoms with Crippen LogP contribution in [0.2, 0.25) is 0 Å². The molecule has 0 aromatic heterocycles. The molecule has 2 aromatic rings. The summed E-state index contributed by atoms with van der Waals surface area (Å²) in [6, 6.07) is 13.3. The smallest absolute Gasteiger partial charge is 0.328 e. The molecular weight excluding hydrogens is 432 g/mol. The Morgan fingerprint density at radius 1 is 1.19 bits per heavy atom. The lowest BCUT2D eigenvalue weighted by atomic mass is 10.1. The zero-order chi connectivity index (χ0) is 23.3. The summed E-state index contributed by atoms with van der Waals surface area (Å²) < 4.78 is 15.8. The van der Waals surface area contributed by atoms with Crippen LogP contribution in [0.3, 0.4) is 0 Å².